The van der Waals surface area contributed by atoms with E-state index in [0.717, 1.165) is 41.7 Å². The van der Waals surface area contributed by atoms with Gasteiger partial charge in [-0.2, -0.15) is 0 Å². The summed E-state index contributed by atoms with van der Waals surface area (Å²) < 4.78 is 5.64. The van der Waals surface area contributed by atoms with E-state index in [1.807, 2.05) is 45.0 Å². The van der Waals surface area contributed by atoms with Crippen molar-refractivity contribution >= 4 is 17.3 Å². The minimum absolute atomic E-state index is 0.208. The molecule has 2 N–H and O–H groups in total. The topological polar surface area (TPSA) is 33.3 Å². The molecule has 0 fully saturated rings. The van der Waals surface area contributed by atoms with Gasteiger partial charge in [0.05, 0.1) is 6.10 Å². The lowest BCUT2D eigenvalue weighted by molar-refractivity contribution is 0.242. The van der Waals surface area contributed by atoms with E-state index in [1.54, 1.807) is 0 Å². The van der Waals surface area contributed by atoms with Crippen molar-refractivity contribution in [1.82, 2.24) is 5.32 Å². The van der Waals surface area contributed by atoms with Crippen molar-refractivity contribution in [2.24, 2.45) is 0 Å². The second-order valence-corrected chi connectivity index (χ2v) is 6.23. The van der Waals surface area contributed by atoms with Gasteiger partial charge < -0.3 is 15.4 Å². The first-order chi connectivity index (χ1) is 11.1. The molecule has 23 heavy (non-hydrogen) atoms. The molecule has 0 aromatic heterocycles. The second kappa shape index (κ2) is 8.80. The summed E-state index contributed by atoms with van der Waals surface area (Å²) in [6, 6.07) is 14.2. The molecule has 0 aliphatic heterocycles. The SMILES string of the molecule is Cc1c(Cl)cccc1NCCNCc1ccc(OC(C)C)cc1. The minimum Gasteiger partial charge on any atom is -0.491 e. The number of benzene rings is 2. The summed E-state index contributed by atoms with van der Waals surface area (Å²) in [4.78, 5) is 0. The van der Waals surface area contributed by atoms with E-state index in [0.29, 0.717) is 0 Å². The highest BCUT2D eigenvalue weighted by atomic mass is 35.5. The zero-order chi connectivity index (χ0) is 16.7. The molecule has 0 unspecified atom stereocenters. The Morgan fingerprint density at radius 2 is 1.78 bits per heavy atom. The number of ether oxygens (including phenoxy) is 1. The normalized spacial score (nSPS) is 10.8. The fraction of sp³-hybridized carbons (Fsp3) is 0.368. The number of hydrogen-bond donors (Lipinski definition) is 2. The van der Waals surface area contributed by atoms with Crippen LogP contribution in [0.3, 0.4) is 0 Å². The highest BCUT2D eigenvalue weighted by Gasteiger charge is 2.01. The smallest absolute Gasteiger partial charge is 0.119 e. The van der Waals surface area contributed by atoms with Crippen molar-refractivity contribution in [1.29, 1.82) is 0 Å². The maximum Gasteiger partial charge on any atom is 0.119 e. The molecule has 2 aromatic rings. The van der Waals surface area contributed by atoms with Crippen LogP contribution in [0.1, 0.15) is 25.0 Å². The van der Waals surface area contributed by atoms with Gasteiger partial charge in [0, 0.05) is 30.3 Å². The van der Waals surface area contributed by atoms with Gasteiger partial charge in [-0.05, 0) is 56.2 Å². The standard InChI is InChI=1S/C19H25ClN2O/c1-14(2)23-17-9-7-16(8-10-17)13-21-11-12-22-19-6-4-5-18(20)15(19)3/h4-10,14,21-22H,11-13H2,1-3H3. The molecule has 2 aromatic carbocycles. The van der Waals surface area contributed by atoms with Crippen LogP contribution in [0.15, 0.2) is 42.5 Å². The molecule has 3 nitrogen and oxygen atoms in total. The average molecular weight is 333 g/mol. The monoisotopic (exact) mass is 332 g/mol. The van der Waals surface area contributed by atoms with Gasteiger partial charge in [0.2, 0.25) is 0 Å². The molecule has 0 aliphatic carbocycles. The first-order valence-electron chi connectivity index (χ1n) is 8.01. The van der Waals surface area contributed by atoms with E-state index < -0.39 is 0 Å². The summed E-state index contributed by atoms with van der Waals surface area (Å²) in [5.41, 5.74) is 3.43. The van der Waals surface area contributed by atoms with E-state index in [4.69, 9.17) is 16.3 Å². The van der Waals surface area contributed by atoms with E-state index >= 15 is 0 Å². The Kier molecular flexibility index (Phi) is 6.75. The van der Waals surface area contributed by atoms with E-state index in [-0.39, 0.29) is 6.10 Å². The van der Waals surface area contributed by atoms with Gasteiger partial charge in [-0.15, -0.1) is 0 Å². The van der Waals surface area contributed by atoms with Crippen LogP contribution >= 0.6 is 11.6 Å². The quantitative estimate of drug-likeness (QED) is 0.691. The Hall–Kier alpha value is -1.71. The summed E-state index contributed by atoms with van der Waals surface area (Å²) in [5, 5.41) is 7.63. The third-order valence-corrected chi connectivity index (χ3v) is 3.92. The van der Waals surface area contributed by atoms with Crippen LogP contribution in [-0.4, -0.2) is 19.2 Å². The molecule has 0 amide bonds. The molecule has 0 saturated carbocycles. The molecule has 2 rings (SSSR count). The molecule has 0 spiro atoms. The number of rotatable bonds is 8. The molecule has 0 radical (unpaired) electrons. The van der Waals surface area contributed by atoms with Gasteiger partial charge in [0.25, 0.3) is 0 Å². The average Bonchev–Trinajstić information content (AvgIpc) is 2.52. The molecule has 0 atom stereocenters. The lowest BCUT2D eigenvalue weighted by Gasteiger charge is -2.12. The fourth-order valence-corrected chi connectivity index (χ4v) is 2.45. The lowest BCUT2D eigenvalue weighted by atomic mass is 10.2. The highest BCUT2D eigenvalue weighted by Crippen LogP contribution is 2.22. The van der Waals surface area contributed by atoms with Gasteiger partial charge in [0.15, 0.2) is 0 Å². The van der Waals surface area contributed by atoms with Crippen LogP contribution in [0.5, 0.6) is 5.75 Å². The van der Waals surface area contributed by atoms with Gasteiger partial charge in [-0.1, -0.05) is 29.8 Å². The van der Waals surface area contributed by atoms with Crippen LogP contribution in [0.25, 0.3) is 0 Å². The van der Waals surface area contributed by atoms with Crippen LogP contribution in [0.2, 0.25) is 5.02 Å². The molecule has 124 valence electrons. The Balaban J connectivity index is 1.70. The van der Waals surface area contributed by atoms with Gasteiger partial charge in [-0.3, -0.25) is 0 Å². The molecule has 4 heteroatoms. The van der Waals surface area contributed by atoms with Crippen molar-refractivity contribution in [2.45, 2.75) is 33.4 Å². The summed E-state index contributed by atoms with van der Waals surface area (Å²) in [6.45, 7) is 8.68. The van der Waals surface area contributed by atoms with Crippen molar-refractivity contribution in [3.63, 3.8) is 0 Å². The second-order valence-electron chi connectivity index (χ2n) is 5.83. The molecule has 0 aliphatic rings. The maximum atomic E-state index is 6.11. The van der Waals surface area contributed by atoms with Crippen molar-refractivity contribution in [2.75, 3.05) is 18.4 Å². The summed E-state index contributed by atoms with van der Waals surface area (Å²) >= 11 is 6.11. The van der Waals surface area contributed by atoms with Gasteiger partial charge in [0.1, 0.15) is 5.75 Å². The van der Waals surface area contributed by atoms with Crippen molar-refractivity contribution in [3.05, 3.63) is 58.6 Å². The summed E-state index contributed by atoms with van der Waals surface area (Å²) in [6.07, 6.45) is 0.208. The zero-order valence-corrected chi connectivity index (χ0v) is 14.8. The Morgan fingerprint density at radius 3 is 2.48 bits per heavy atom. The Labute approximate surface area is 144 Å². The molecule has 0 heterocycles. The van der Waals surface area contributed by atoms with Crippen LogP contribution < -0.4 is 15.4 Å². The lowest BCUT2D eigenvalue weighted by Crippen LogP contribution is -2.22. The molecule has 0 bridgehead atoms. The summed E-state index contributed by atoms with van der Waals surface area (Å²) in [5.74, 6) is 0.918. The maximum absolute atomic E-state index is 6.11. The van der Waals surface area contributed by atoms with Gasteiger partial charge in [-0.25, -0.2) is 0 Å². The Morgan fingerprint density at radius 1 is 1.04 bits per heavy atom. The number of halogens is 1. The summed E-state index contributed by atoms with van der Waals surface area (Å²) in [7, 11) is 0. The minimum atomic E-state index is 0.208. The van der Waals surface area contributed by atoms with Gasteiger partial charge >= 0.3 is 0 Å². The van der Waals surface area contributed by atoms with Crippen molar-refractivity contribution < 1.29 is 4.74 Å². The fourth-order valence-electron chi connectivity index (χ4n) is 2.28. The first-order valence-corrected chi connectivity index (χ1v) is 8.39. The predicted molar refractivity (Wildman–Crippen MR) is 98.6 cm³/mol. The number of anilines is 1. The van der Waals surface area contributed by atoms with E-state index in [1.165, 1.54) is 5.56 Å². The zero-order valence-electron chi connectivity index (χ0n) is 14.0. The third kappa shape index (κ3) is 5.77. The number of hydrogen-bond acceptors (Lipinski definition) is 3. The van der Waals surface area contributed by atoms with Crippen molar-refractivity contribution in [3.8, 4) is 5.75 Å². The molecule has 0 saturated heterocycles. The number of nitrogens with one attached hydrogen (secondary N) is 2. The van der Waals surface area contributed by atoms with E-state index in [9.17, 15) is 0 Å². The van der Waals surface area contributed by atoms with Crippen LogP contribution in [0.4, 0.5) is 5.69 Å². The van der Waals surface area contributed by atoms with E-state index in [2.05, 4.69) is 28.8 Å². The molecular weight excluding hydrogens is 308 g/mol. The predicted octanol–water partition coefficient (Wildman–Crippen LogP) is 4.64. The van der Waals surface area contributed by atoms with Crippen LogP contribution in [-0.2, 0) is 6.54 Å². The highest BCUT2D eigenvalue weighted by molar-refractivity contribution is 6.31. The largest absolute Gasteiger partial charge is 0.491 e. The third-order valence-electron chi connectivity index (χ3n) is 3.51. The molecular formula is C19H25ClN2O. The Bertz CT molecular complexity index is 611. The first kappa shape index (κ1) is 17.6. The van der Waals surface area contributed by atoms with Crippen LogP contribution in [0, 0.1) is 6.92 Å².